The highest BCUT2D eigenvalue weighted by Gasteiger charge is 2.53. The Morgan fingerprint density at radius 1 is 0.947 bits per heavy atom. The van der Waals surface area contributed by atoms with Crippen LogP contribution in [0.3, 0.4) is 0 Å². The van der Waals surface area contributed by atoms with Crippen LogP contribution in [0.1, 0.15) is 63.4 Å². The third kappa shape index (κ3) is 4.93. The molecule has 0 unspecified atom stereocenters. The molecule has 1 heterocycles. The van der Waals surface area contributed by atoms with Crippen LogP contribution >= 0.6 is 0 Å². The van der Waals surface area contributed by atoms with Gasteiger partial charge >= 0.3 is 6.03 Å². The van der Waals surface area contributed by atoms with Crippen LogP contribution in [-0.2, 0) is 5.41 Å². The van der Waals surface area contributed by atoms with Crippen LogP contribution in [0.2, 0.25) is 0 Å². The minimum absolute atomic E-state index is 0.0716. The van der Waals surface area contributed by atoms with Gasteiger partial charge in [-0.25, -0.2) is 18.0 Å². The summed E-state index contributed by atoms with van der Waals surface area (Å²) < 4.78 is 52.1. The Labute approximate surface area is 221 Å². The van der Waals surface area contributed by atoms with Crippen molar-refractivity contribution in [2.24, 2.45) is 0 Å². The first kappa shape index (κ1) is 26.7. The molecule has 1 aliphatic heterocycles. The number of nitrogens with one attached hydrogen (secondary N) is 2. The topological polar surface area (TPSA) is 62.8 Å². The predicted octanol–water partition coefficient (Wildman–Crippen LogP) is 6.14. The third-order valence-electron chi connectivity index (χ3n) is 8.92. The number of nitrogens with zero attached hydrogens (tertiary/aromatic N) is 1. The number of urea groups is 1. The lowest BCUT2D eigenvalue weighted by atomic mass is 9.64. The minimum Gasteiger partial charge on any atom is -0.493 e. The number of amides is 2. The van der Waals surface area contributed by atoms with Crippen molar-refractivity contribution < 1.29 is 27.4 Å². The van der Waals surface area contributed by atoms with Gasteiger partial charge in [0, 0.05) is 23.5 Å². The van der Waals surface area contributed by atoms with Gasteiger partial charge in [-0.05, 0) is 74.9 Å². The highest BCUT2D eigenvalue weighted by Crippen LogP contribution is 2.51. The Morgan fingerprint density at radius 3 is 2.45 bits per heavy atom. The molecular formula is C29H36F3N3O3. The van der Waals surface area contributed by atoms with E-state index in [1.165, 1.54) is 37.7 Å². The molecule has 6 nitrogen and oxygen atoms in total. The molecule has 5 rings (SSSR count). The van der Waals surface area contributed by atoms with E-state index < -0.39 is 23.5 Å². The largest absolute Gasteiger partial charge is 0.493 e. The lowest BCUT2D eigenvalue weighted by Gasteiger charge is -2.47. The van der Waals surface area contributed by atoms with Gasteiger partial charge in [-0.2, -0.15) is 0 Å². The molecule has 0 aromatic heterocycles. The molecule has 0 bridgehead atoms. The Bertz CT molecular complexity index is 1170. The SMILES string of the molecule is COc1ccc([C@@]23CC[C@@H](NC(=O)Nc4ccc(F)c(F)c4F)C[C@@H]2N(C2CCCCC2)CC3)cc1OC. The molecule has 3 aliphatic rings. The van der Waals surface area contributed by atoms with Crippen molar-refractivity contribution in [2.45, 2.75) is 81.3 Å². The molecule has 2 saturated carbocycles. The Morgan fingerprint density at radius 2 is 1.71 bits per heavy atom. The second-order valence-electron chi connectivity index (χ2n) is 10.8. The summed E-state index contributed by atoms with van der Waals surface area (Å²) in [6.07, 6.45) is 9.53. The van der Waals surface area contributed by atoms with Gasteiger partial charge < -0.3 is 20.1 Å². The number of likely N-dealkylation sites (tertiary alicyclic amines) is 1. The van der Waals surface area contributed by atoms with Crippen LogP contribution < -0.4 is 20.1 Å². The zero-order chi connectivity index (χ0) is 26.9. The van der Waals surface area contributed by atoms with Crippen molar-refractivity contribution in [3.05, 3.63) is 53.3 Å². The summed E-state index contributed by atoms with van der Waals surface area (Å²) in [5, 5.41) is 5.32. The normalized spacial score (nSPS) is 26.0. The number of hydrogen-bond donors (Lipinski definition) is 2. The number of fused-ring (bicyclic) bond motifs is 1. The molecule has 2 aliphatic carbocycles. The first-order chi connectivity index (χ1) is 18.4. The zero-order valence-corrected chi connectivity index (χ0v) is 22.0. The minimum atomic E-state index is -1.60. The fourth-order valence-corrected chi connectivity index (χ4v) is 7.01. The number of halogens is 3. The Hall–Kier alpha value is -2.94. The number of hydrogen-bond acceptors (Lipinski definition) is 4. The van der Waals surface area contributed by atoms with Crippen LogP contribution in [-0.4, -0.2) is 49.8 Å². The van der Waals surface area contributed by atoms with Gasteiger partial charge in [0.05, 0.1) is 19.9 Å². The lowest BCUT2D eigenvalue weighted by Crippen LogP contribution is -2.55. The monoisotopic (exact) mass is 531 g/mol. The summed E-state index contributed by atoms with van der Waals surface area (Å²) in [7, 11) is 3.28. The number of carbonyl (C=O) groups is 1. The summed E-state index contributed by atoms with van der Waals surface area (Å²) in [4.78, 5) is 15.4. The standard InChI is InChI=1S/C29H36F3N3O3/c1-37-23-11-8-18(16-24(23)38-2)29-13-12-19(17-25(29)35(15-14-29)20-6-4-3-5-7-20)33-28(36)34-22-10-9-21(30)26(31)27(22)32/h8-11,16,19-20,25H,3-7,12-15,17H2,1-2H3,(H2,33,34,36)/t19-,25+,29+/m1/s1. The molecule has 206 valence electrons. The second-order valence-corrected chi connectivity index (χ2v) is 10.8. The third-order valence-corrected chi connectivity index (χ3v) is 8.92. The highest BCUT2D eigenvalue weighted by molar-refractivity contribution is 5.89. The van der Waals surface area contributed by atoms with Crippen LogP contribution in [0.5, 0.6) is 11.5 Å². The molecule has 3 fully saturated rings. The molecule has 0 spiro atoms. The van der Waals surface area contributed by atoms with E-state index in [2.05, 4.69) is 27.7 Å². The van der Waals surface area contributed by atoms with Crippen molar-refractivity contribution in [3.8, 4) is 11.5 Å². The number of rotatable bonds is 6. The van der Waals surface area contributed by atoms with Gasteiger partial charge in [-0.15, -0.1) is 0 Å². The summed E-state index contributed by atoms with van der Waals surface area (Å²) in [5.41, 5.74) is 0.768. The molecule has 3 atom stereocenters. The first-order valence-electron chi connectivity index (χ1n) is 13.6. The summed E-state index contributed by atoms with van der Waals surface area (Å²) in [5.74, 6) is -2.90. The summed E-state index contributed by atoms with van der Waals surface area (Å²) >= 11 is 0. The molecule has 2 N–H and O–H groups in total. The van der Waals surface area contributed by atoms with Crippen molar-refractivity contribution >= 4 is 11.7 Å². The number of benzene rings is 2. The molecular weight excluding hydrogens is 495 g/mol. The molecule has 1 saturated heterocycles. The lowest BCUT2D eigenvalue weighted by molar-refractivity contribution is 0.0825. The highest BCUT2D eigenvalue weighted by atomic mass is 19.2. The van der Waals surface area contributed by atoms with E-state index in [0.29, 0.717) is 17.5 Å². The number of carbonyl (C=O) groups excluding carboxylic acids is 1. The van der Waals surface area contributed by atoms with Crippen LogP contribution in [0, 0.1) is 17.5 Å². The van der Waals surface area contributed by atoms with Crippen molar-refractivity contribution in [2.75, 3.05) is 26.1 Å². The van der Waals surface area contributed by atoms with E-state index in [4.69, 9.17) is 9.47 Å². The van der Waals surface area contributed by atoms with Crippen molar-refractivity contribution in [1.29, 1.82) is 0 Å². The van der Waals surface area contributed by atoms with Crippen molar-refractivity contribution in [3.63, 3.8) is 0 Å². The number of anilines is 1. The van der Waals surface area contributed by atoms with Gasteiger partial charge in [0.15, 0.2) is 29.0 Å². The van der Waals surface area contributed by atoms with E-state index in [1.54, 1.807) is 14.2 Å². The van der Waals surface area contributed by atoms with E-state index in [1.807, 2.05) is 6.07 Å². The molecule has 0 radical (unpaired) electrons. The molecule has 9 heteroatoms. The van der Waals surface area contributed by atoms with Crippen molar-refractivity contribution in [1.82, 2.24) is 10.2 Å². The smallest absolute Gasteiger partial charge is 0.319 e. The van der Waals surface area contributed by atoms with E-state index in [-0.39, 0.29) is 23.2 Å². The van der Waals surface area contributed by atoms with Gasteiger partial charge in [-0.3, -0.25) is 4.90 Å². The summed E-state index contributed by atoms with van der Waals surface area (Å²) in [6.45, 7) is 1.00. The fraction of sp³-hybridized carbons (Fsp3) is 0.552. The van der Waals surface area contributed by atoms with Crippen LogP contribution in [0.15, 0.2) is 30.3 Å². The molecule has 38 heavy (non-hydrogen) atoms. The number of ether oxygens (including phenoxy) is 2. The maximum atomic E-state index is 14.1. The zero-order valence-electron chi connectivity index (χ0n) is 22.0. The Balaban J connectivity index is 1.37. The quantitative estimate of drug-likeness (QED) is 0.440. The molecule has 2 amide bonds. The molecule has 2 aromatic carbocycles. The predicted molar refractivity (Wildman–Crippen MR) is 139 cm³/mol. The fourth-order valence-electron chi connectivity index (χ4n) is 7.01. The van der Waals surface area contributed by atoms with E-state index in [0.717, 1.165) is 44.4 Å². The first-order valence-corrected chi connectivity index (χ1v) is 13.6. The van der Waals surface area contributed by atoms with E-state index in [9.17, 15) is 18.0 Å². The van der Waals surface area contributed by atoms with Crippen LogP contribution in [0.4, 0.5) is 23.7 Å². The van der Waals surface area contributed by atoms with E-state index >= 15 is 0 Å². The molecule has 2 aromatic rings. The van der Waals surface area contributed by atoms with Gasteiger partial charge in [0.25, 0.3) is 0 Å². The average molecular weight is 532 g/mol. The van der Waals surface area contributed by atoms with Gasteiger partial charge in [0.1, 0.15) is 0 Å². The maximum absolute atomic E-state index is 14.1. The maximum Gasteiger partial charge on any atom is 0.319 e. The second kappa shape index (κ2) is 11.0. The number of methoxy groups -OCH3 is 2. The average Bonchev–Trinajstić information content (AvgIpc) is 3.33. The van der Waals surface area contributed by atoms with Gasteiger partial charge in [-0.1, -0.05) is 25.3 Å². The van der Waals surface area contributed by atoms with Crippen LogP contribution in [0.25, 0.3) is 0 Å². The van der Waals surface area contributed by atoms with Gasteiger partial charge in [0.2, 0.25) is 0 Å². The Kier molecular flexibility index (Phi) is 7.75. The summed E-state index contributed by atoms with van der Waals surface area (Å²) in [6, 6.07) is 8.03.